The zero-order chi connectivity index (χ0) is 17.8. The average Bonchev–Trinajstić information content (AvgIpc) is 3.14. The van der Waals surface area contributed by atoms with Crippen molar-refractivity contribution in [3.8, 4) is 0 Å². The second-order valence-corrected chi connectivity index (χ2v) is 7.14. The maximum atomic E-state index is 12.1. The minimum absolute atomic E-state index is 0.0430. The maximum absolute atomic E-state index is 12.1. The van der Waals surface area contributed by atoms with Crippen molar-refractivity contribution in [1.82, 2.24) is 19.6 Å². The lowest BCUT2D eigenvalue weighted by Gasteiger charge is -2.05. The molecular weight excluding hydrogens is 429 g/mol. The number of benzene rings is 1. The highest BCUT2D eigenvalue weighted by Crippen LogP contribution is 2.12. The van der Waals surface area contributed by atoms with Crippen LogP contribution >= 0.6 is 22.6 Å². The highest BCUT2D eigenvalue weighted by atomic mass is 127. The van der Waals surface area contributed by atoms with Crippen molar-refractivity contribution in [2.75, 3.05) is 5.32 Å². The quantitative estimate of drug-likeness (QED) is 0.587. The number of carbonyl (C=O) groups excluding carboxylic acids is 1. The lowest BCUT2D eigenvalue weighted by Crippen LogP contribution is -2.14. The summed E-state index contributed by atoms with van der Waals surface area (Å²) in [5, 5.41) is 11.6. The van der Waals surface area contributed by atoms with Gasteiger partial charge in [-0.1, -0.05) is 24.3 Å². The Morgan fingerprint density at radius 2 is 2.00 bits per heavy atom. The van der Waals surface area contributed by atoms with Gasteiger partial charge < -0.3 is 5.32 Å². The second kappa shape index (κ2) is 7.81. The molecule has 130 valence electrons. The van der Waals surface area contributed by atoms with Crippen LogP contribution in [0.5, 0.6) is 0 Å². The van der Waals surface area contributed by atoms with Crippen LogP contribution in [0.25, 0.3) is 0 Å². The Balaban J connectivity index is 1.54. The van der Waals surface area contributed by atoms with Crippen LogP contribution < -0.4 is 5.32 Å². The van der Waals surface area contributed by atoms with Crippen molar-refractivity contribution in [2.45, 2.75) is 33.4 Å². The van der Waals surface area contributed by atoms with E-state index in [1.165, 1.54) is 11.1 Å². The number of amides is 1. The van der Waals surface area contributed by atoms with Crippen LogP contribution in [-0.4, -0.2) is 25.5 Å². The number of nitrogens with zero attached hydrogens (tertiary/aromatic N) is 4. The Kier molecular flexibility index (Phi) is 5.52. The molecule has 25 heavy (non-hydrogen) atoms. The fourth-order valence-electron chi connectivity index (χ4n) is 2.52. The van der Waals surface area contributed by atoms with E-state index in [0.717, 1.165) is 9.26 Å². The van der Waals surface area contributed by atoms with Gasteiger partial charge in [0.1, 0.15) is 0 Å². The number of halogens is 1. The van der Waals surface area contributed by atoms with Gasteiger partial charge in [-0.05, 0) is 47.6 Å². The summed E-state index contributed by atoms with van der Waals surface area (Å²) in [7, 11) is 0. The van der Waals surface area contributed by atoms with Crippen LogP contribution in [0.15, 0.2) is 42.9 Å². The first-order valence-electron chi connectivity index (χ1n) is 8.07. The SMILES string of the molecule is Cc1ccccc1Cn1cc(NC(=O)CCn2cc(I)c(C)n2)cn1. The molecule has 0 fully saturated rings. The monoisotopic (exact) mass is 449 g/mol. The van der Waals surface area contributed by atoms with Gasteiger partial charge in [0.2, 0.25) is 5.91 Å². The first kappa shape index (κ1) is 17.7. The van der Waals surface area contributed by atoms with E-state index in [-0.39, 0.29) is 5.91 Å². The standard InChI is InChI=1S/C18H20IN5O/c1-13-5-3-4-6-15(13)10-24-11-16(9-20-24)21-18(25)7-8-23-12-17(19)14(2)22-23/h3-6,9,11-12H,7-8,10H2,1-2H3,(H,21,25). The molecule has 0 saturated heterocycles. The van der Waals surface area contributed by atoms with Gasteiger partial charge in [-0.2, -0.15) is 10.2 Å². The van der Waals surface area contributed by atoms with E-state index in [2.05, 4.69) is 57.2 Å². The molecule has 2 heterocycles. The van der Waals surface area contributed by atoms with E-state index in [1.807, 2.05) is 36.1 Å². The van der Waals surface area contributed by atoms with Crippen molar-refractivity contribution in [2.24, 2.45) is 0 Å². The highest BCUT2D eigenvalue weighted by Gasteiger charge is 2.08. The first-order valence-corrected chi connectivity index (χ1v) is 9.15. The molecule has 0 aliphatic heterocycles. The number of nitrogens with one attached hydrogen (secondary N) is 1. The van der Waals surface area contributed by atoms with Crippen molar-refractivity contribution in [3.63, 3.8) is 0 Å². The zero-order valence-electron chi connectivity index (χ0n) is 14.2. The summed E-state index contributed by atoms with van der Waals surface area (Å²) < 4.78 is 4.74. The number of rotatable bonds is 6. The number of carbonyl (C=O) groups is 1. The fourth-order valence-corrected chi connectivity index (χ4v) is 2.95. The molecule has 1 amide bonds. The third-order valence-corrected chi connectivity index (χ3v) is 5.02. The van der Waals surface area contributed by atoms with Gasteiger partial charge >= 0.3 is 0 Å². The molecule has 7 heteroatoms. The topological polar surface area (TPSA) is 64.7 Å². The van der Waals surface area contributed by atoms with E-state index in [4.69, 9.17) is 0 Å². The number of hydrogen-bond donors (Lipinski definition) is 1. The number of aromatic nitrogens is 4. The largest absolute Gasteiger partial charge is 0.323 e. The molecule has 0 saturated carbocycles. The molecule has 1 aromatic carbocycles. The predicted octanol–water partition coefficient (Wildman–Crippen LogP) is 3.38. The van der Waals surface area contributed by atoms with Crippen LogP contribution in [0.3, 0.4) is 0 Å². The summed E-state index contributed by atoms with van der Waals surface area (Å²) in [4.78, 5) is 12.1. The predicted molar refractivity (Wildman–Crippen MR) is 105 cm³/mol. The Morgan fingerprint density at radius 1 is 1.20 bits per heavy atom. The molecule has 0 unspecified atom stereocenters. The minimum atomic E-state index is -0.0430. The van der Waals surface area contributed by atoms with Crippen molar-refractivity contribution < 1.29 is 4.79 Å². The van der Waals surface area contributed by atoms with Gasteiger partial charge in [-0.3, -0.25) is 14.2 Å². The molecule has 0 aliphatic carbocycles. The van der Waals surface area contributed by atoms with Crippen LogP contribution in [-0.2, 0) is 17.9 Å². The third kappa shape index (κ3) is 4.68. The molecule has 2 aromatic heterocycles. The van der Waals surface area contributed by atoms with E-state index < -0.39 is 0 Å². The van der Waals surface area contributed by atoms with Gasteiger partial charge in [-0.15, -0.1) is 0 Å². The molecule has 0 aliphatic rings. The Hall–Kier alpha value is -2.16. The number of hydrogen-bond acceptors (Lipinski definition) is 3. The average molecular weight is 449 g/mol. The van der Waals surface area contributed by atoms with E-state index in [0.29, 0.717) is 25.2 Å². The summed E-state index contributed by atoms with van der Waals surface area (Å²) in [6.45, 7) is 5.29. The Morgan fingerprint density at radius 3 is 2.72 bits per heavy atom. The van der Waals surface area contributed by atoms with Crippen molar-refractivity contribution >= 4 is 34.2 Å². The maximum Gasteiger partial charge on any atom is 0.226 e. The van der Waals surface area contributed by atoms with E-state index >= 15 is 0 Å². The van der Waals surface area contributed by atoms with Gasteiger partial charge in [-0.25, -0.2) is 0 Å². The lowest BCUT2D eigenvalue weighted by atomic mass is 10.1. The van der Waals surface area contributed by atoms with E-state index in [9.17, 15) is 4.79 Å². The zero-order valence-corrected chi connectivity index (χ0v) is 16.4. The summed E-state index contributed by atoms with van der Waals surface area (Å²) >= 11 is 2.24. The molecular formula is C18H20IN5O. The van der Waals surface area contributed by atoms with Gasteiger partial charge in [0.25, 0.3) is 0 Å². The normalized spacial score (nSPS) is 10.8. The van der Waals surface area contributed by atoms with Gasteiger partial charge in [0.05, 0.1) is 27.7 Å². The number of aryl methyl sites for hydroxylation is 3. The summed E-state index contributed by atoms with van der Waals surface area (Å²) in [5.41, 5.74) is 4.14. The fraction of sp³-hybridized carbons (Fsp3) is 0.278. The molecule has 0 bridgehead atoms. The second-order valence-electron chi connectivity index (χ2n) is 5.98. The summed E-state index contributed by atoms with van der Waals surface area (Å²) in [6, 6.07) is 8.21. The Bertz CT molecular complexity index is 864. The summed E-state index contributed by atoms with van der Waals surface area (Å²) in [5.74, 6) is -0.0430. The highest BCUT2D eigenvalue weighted by molar-refractivity contribution is 14.1. The van der Waals surface area contributed by atoms with Crippen LogP contribution in [0.2, 0.25) is 0 Å². The van der Waals surface area contributed by atoms with Crippen molar-refractivity contribution in [1.29, 1.82) is 0 Å². The van der Waals surface area contributed by atoms with Crippen LogP contribution in [0, 0.1) is 17.4 Å². The summed E-state index contributed by atoms with van der Waals surface area (Å²) in [6.07, 6.45) is 5.85. The molecule has 0 atom stereocenters. The minimum Gasteiger partial charge on any atom is -0.323 e. The molecule has 3 rings (SSSR count). The van der Waals surface area contributed by atoms with Crippen LogP contribution in [0.4, 0.5) is 5.69 Å². The smallest absolute Gasteiger partial charge is 0.226 e. The Labute approximate surface area is 160 Å². The van der Waals surface area contributed by atoms with Crippen molar-refractivity contribution in [3.05, 3.63) is 63.2 Å². The van der Waals surface area contributed by atoms with Crippen LogP contribution in [0.1, 0.15) is 23.2 Å². The third-order valence-electron chi connectivity index (χ3n) is 3.97. The molecule has 1 N–H and O–H groups in total. The van der Waals surface area contributed by atoms with Gasteiger partial charge in [0.15, 0.2) is 0 Å². The molecule has 0 radical (unpaired) electrons. The lowest BCUT2D eigenvalue weighted by molar-refractivity contribution is -0.116. The molecule has 0 spiro atoms. The van der Waals surface area contributed by atoms with Gasteiger partial charge in [0, 0.05) is 25.4 Å². The molecule has 3 aromatic rings. The number of anilines is 1. The molecule has 6 nitrogen and oxygen atoms in total. The first-order chi connectivity index (χ1) is 12.0. The van der Waals surface area contributed by atoms with E-state index in [1.54, 1.807) is 10.9 Å².